The Bertz CT molecular complexity index is 519. The average Bonchev–Trinajstić information content (AvgIpc) is 2.38. The van der Waals surface area contributed by atoms with E-state index in [1.807, 2.05) is 0 Å². The predicted octanol–water partition coefficient (Wildman–Crippen LogP) is 2.70. The zero-order valence-corrected chi connectivity index (χ0v) is 12.5. The number of nitrogens with one attached hydrogen (secondary N) is 1. The van der Waals surface area contributed by atoms with Crippen molar-refractivity contribution in [2.24, 2.45) is 0 Å². The van der Waals surface area contributed by atoms with Gasteiger partial charge in [-0.2, -0.15) is 0 Å². The molecule has 0 heterocycles. The quantitative estimate of drug-likeness (QED) is 0.835. The molecule has 0 aliphatic carbocycles. The summed E-state index contributed by atoms with van der Waals surface area (Å²) in [6.45, 7) is -0.303. The molecule has 6 nitrogen and oxygen atoms in total. The molecule has 116 valence electrons. The van der Waals surface area contributed by atoms with Gasteiger partial charge in [-0.05, 0) is 12.1 Å². The SMILES string of the molecule is COCCN(CC(=O)O)C(=O)Nc1c(Cl)cc(F)cc1Cl. The standard InChI is InChI=1S/C12H13Cl2FN2O4/c1-21-3-2-17(6-10(18)19)12(20)16-11-8(13)4-7(15)5-9(11)14/h4-5H,2-3,6H2,1H3,(H,16,20)(H,18,19). The monoisotopic (exact) mass is 338 g/mol. The summed E-state index contributed by atoms with van der Waals surface area (Å²) < 4.78 is 17.9. The van der Waals surface area contributed by atoms with Crippen LogP contribution >= 0.6 is 23.2 Å². The van der Waals surface area contributed by atoms with Crippen molar-refractivity contribution in [2.75, 3.05) is 32.1 Å². The van der Waals surface area contributed by atoms with E-state index in [1.54, 1.807) is 0 Å². The molecule has 1 aromatic rings. The molecule has 0 aliphatic heterocycles. The third-order valence-electron chi connectivity index (χ3n) is 2.42. The van der Waals surface area contributed by atoms with Crippen LogP contribution in [0.25, 0.3) is 0 Å². The number of urea groups is 1. The Kier molecular flexibility index (Phi) is 6.67. The van der Waals surface area contributed by atoms with Crippen molar-refractivity contribution in [3.05, 3.63) is 28.0 Å². The molecule has 0 saturated carbocycles. The van der Waals surface area contributed by atoms with E-state index in [9.17, 15) is 14.0 Å². The van der Waals surface area contributed by atoms with E-state index in [-0.39, 0.29) is 28.9 Å². The number of aliphatic carboxylic acids is 1. The van der Waals surface area contributed by atoms with Gasteiger partial charge in [-0.3, -0.25) is 4.79 Å². The molecule has 0 radical (unpaired) electrons. The van der Waals surface area contributed by atoms with Crippen molar-refractivity contribution in [1.29, 1.82) is 0 Å². The summed E-state index contributed by atoms with van der Waals surface area (Å²) in [5.41, 5.74) is 0.0116. The zero-order valence-electron chi connectivity index (χ0n) is 11.0. The fourth-order valence-corrected chi connectivity index (χ4v) is 2.02. The second-order valence-electron chi connectivity index (χ2n) is 3.98. The van der Waals surface area contributed by atoms with Crippen molar-refractivity contribution in [3.8, 4) is 0 Å². The van der Waals surface area contributed by atoms with Gasteiger partial charge < -0.3 is 20.1 Å². The molecule has 0 saturated heterocycles. The largest absolute Gasteiger partial charge is 0.480 e. The highest BCUT2D eigenvalue weighted by atomic mass is 35.5. The Morgan fingerprint density at radius 3 is 2.43 bits per heavy atom. The van der Waals surface area contributed by atoms with Gasteiger partial charge in [0.15, 0.2) is 0 Å². The Labute approximate surface area is 130 Å². The first-order chi connectivity index (χ1) is 9.85. The summed E-state index contributed by atoms with van der Waals surface area (Å²) >= 11 is 11.6. The average molecular weight is 339 g/mol. The number of carboxylic acid groups (broad SMARTS) is 1. The Morgan fingerprint density at radius 2 is 1.95 bits per heavy atom. The molecule has 0 spiro atoms. The predicted molar refractivity (Wildman–Crippen MR) is 76.5 cm³/mol. The van der Waals surface area contributed by atoms with Gasteiger partial charge in [-0.25, -0.2) is 9.18 Å². The van der Waals surface area contributed by atoms with Crippen LogP contribution in [0.4, 0.5) is 14.9 Å². The zero-order chi connectivity index (χ0) is 16.0. The summed E-state index contributed by atoms with van der Waals surface area (Å²) in [6.07, 6.45) is 0. The fourth-order valence-electron chi connectivity index (χ4n) is 1.46. The number of carbonyl (C=O) groups is 2. The van der Waals surface area contributed by atoms with Gasteiger partial charge in [0.1, 0.15) is 12.4 Å². The highest BCUT2D eigenvalue weighted by Gasteiger charge is 2.19. The van der Waals surface area contributed by atoms with Crippen molar-refractivity contribution in [3.63, 3.8) is 0 Å². The fraction of sp³-hybridized carbons (Fsp3) is 0.333. The Morgan fingerprint density at radius 1 is 1.38 bits per heavy atom. The summed E-state index contributed by atoms with van der Waals surface area (Å²) in [4.78, 5) is 23.8. The van der Waals surface area contributed by atoms with Crippen LogP contribution in [0.2, 0.25) is 10.0 Å². The third-order valence-corrected chi connectivity index (χ3v) is 3.01. The van der Waals surface area contributed by atoms with E-state index in [0.717, 1.165) is 17.0 Å². The van der Waals surface area contributed by atoms with E-state index in [1.165, 1.54) is 7.11 Å². The maximum absolute atomic E-state index is 13.1. The van der Waals surface area contributed by atoms with Crippen molar-refractivity contribution in [2.45, 2.75) is 0 Å². The smallest absolute Gasteiger partial charge is 0.323 e. The number of amides is 2. The first-order valence-corrected chi connectivity index (χ1v) is 6.52. The van der Waals surface area contributed by atoms with Gasteiger partial charge in [0.05, 0.1) is 22.3 Å². The van der Waals surface area contributed by atoms with E-state index < -0.39 is 24.4 Å². The lowest BCUT2D eigenvalue weighted by Crippen LogP contribution is -2.40. The minimum Gasteiger partial charge on any atom is -0.480 e. The lowest BCUT2D eigenvalue weighted by Gasteiger charge is -2.21. The number of ether oxygens (including phenoxy) is 1. The highest BCUT2D eigenvalue weighted by molar-refractivity contribution is 6.39. The van der Waals surface area contributed by atoms with Gasteiger partial charge in [0.2, 0.25) is 0 Å². The Hall–Kier alpha value is -1.57. The molecule has 21 heavy (non-hydrogen) atoms. The number of nitrogens with zero attached hydrogens (tertiary/aromatic N) is 1. The molecule has 0 bridgehead atoms. The van der Waals surface area contributed by atoms with Crippen molar-refractivity contribution >= 4 is 40.9 Å². The molecule has 0 aliphatic rings. The number of carbonyl (C=O) groups excluding carboxylic acids is 1. The van der Waals surface area contributed by atoms with Crippen molar-refractivity contribution in [1.82, 2.24) is 4.90 Å². The second-order valence-corrected chi connectivity index (χ2v) is 4.80. The topological polar surface area (TPSA) is 78.9 Å². The van der Waals surface area contributed by atoms with E-state index in [0.29, 0.717) is 0 Å². The Balaban J connectivity index is 2.88. The molecule has 0 fully saturated rings. The van der Waals surface area contributed by atoms with Gasteiger partial charge in [-0.1, -0.05) is 23.2 Å². The number of hydrogen-bond acceptors (Lipinski definition) is 3. The maximum atomic E-state index is 13.1. The maximum Gasteiger partial charge on any atom is 0.323 e. The number of methoxy groups -OCH3 is 1. The first-order valence-electron chi connectivity index (χ1n) is 5.76. The lowest BCUT2D eigenvalue weighted by atomic mass is 10.3. The number of carboxylic acids is 1. The lowest BCUT2D eigenvalue weighted by molar-refractivity contribution is -0.137. The van der Waals surface area contributed by atoms with E-state index in [4.69, 9.17) is 33.0 Å². The van der Waals surface area contributed by atoms with Crippen LogP contribution in [0.15, 0.2) is 12.1 Å². The molecule has 2 N–H and O–H groups in total. The number of rotatable bonds is 6. The molecule has 0 atom stereocenters. The van der Waals surface area contributed by atoms with Crippen LogP contribution in [-0.4, -0.2) is 48.8 Å². The van der Waals surface area contributed by atoms with Gasteiger partial charge in [-0.15, -0.1) is 0 Å². The van der Waals surface area contributed by atoms with E-state index >= 15 is 0 Å². The van der Waals surface area contributed by atoms with Gasteiger partial charge in [0, 0.05) is 13.7 Å². The molecule has 1 aromatic carbocycles. The van der Waals surface area contributed by atoms with Crippen LogP contribution < -0.4 is 5.32 Å². The van der Waals surface area contributed by atoms with Crippen molar-refractivity contribution < 1.29 is 23.8 Å². The van der Waals surface area contributed by atoms with Crippen LogP contribution in [0.3, 0.4) is 0 Å². The summed E-state index contributed by atoms with van der Waals surface area (Å²) in [6, 6.07) is 1.24. The minimum atomic E-state index is -1.18. The normalized spacial score (nSPS) is 10.3. The van der Waals surface area contributed by atoms with Crippen LogP contribution in [0.5, 0.6) is 0 Å². The minimum absolute atomic E-state index is 0.0116. The molecule has 0 aromatic heterocycles. The van der Waals surface area contributed by atoms with Crippen LogP contribution in [0, 0.1) is 5.82 Å². The molecule has 0 unspecified atom stereocenters. The molecule has 1 rings (SSSR count). The highest BCUT2D eigenvalue weighted by Crippen LogP contribution is 2.31. The van der Waals surface area contributed by atoms with Gasteiger partial charge in [0.25, 0.3) is 0 Å². The molecular weight excluding hydrogens is 326 g/mol. The number of hydrogen-bond donors (Lipinski definition) is 2. The number of halogens is 3. The van der Waals surface area contributed by atoms with Crippen LogP contribution in [-0.2, 0) is 9.53 Å². The summed E-state index contributed by atoms with van der Waals surface area (Å²) in [7, 11) is 1.42. The molecular formula is C12H13Cl2FN2O4. The van der Waals surface area contributed by atoms with Gasteiger partial charge >= 0.3 is 12.0 Å². The van der Waals surface area contributed by atoms with Crippen LogP contribution in [0.1, 0.15) is 0 Å². The third kappa shape index (κ3) is 5.37. The number of benzene rings is 1. The first kappa shape index (κ1) is 17.5. The van der Waals surface area contributed by atoms with E-state index in [2.05, 4.69) is 5.32 Å². The summed E-state index contributed by atoms with van der Waals surface area (Å²) in [5, 5.41) is 11.0. The number of anilines is 1. The summed E-state index contributed by atoms with van der Waals surface area (Å²) in [5.74, 6) is -1.83. The molecule has 2 amide bonds. The molecule has 9 heteroatoms. The second kappa shape index (κ2) is 8.02.